The first kappa shape index (κ1) is 9.83. The van der Waals surface area contributed by atoms with E-state index < -0.39 is 0 Å². The fourth-order valence-electron chi connectivity index (χ4n) is 1.53. The molecule has 1 N–H and O–H groups in total. The minimum atomic E-state index is 0.132. The van der Waals surface area contributed by atoms with E-state index in [0.29, 0.717) is 5.15 Å². The zero-order valence-corrected chi connectivity index (χ0v) is 9.05. The highest BCUT2D eigenvalue weighted by molar-refractivity contribution is 7.79. The van der Waals surface area contributed by atoms with Gasteiger partial charge >= 0.3 is 0 Å². The minimum absolute atomic E-state index is 0.132. The molecule has 1 saturated heterocycles. The number of thiocarbonyl (C=S) groups is 1. The first-order chi connectivity index (χ1) is 6.81. The van der Waals surface area contributed by atoms with Crippen molar-refractivity contribution >= 4 is 34.9 Å². The molecule has 0 spiro atoms. The summed E-state index contributed by atoms with van der Waals surface area (Å²) in [7, 11) is 0. The van der Waals surface area contributed by atoms with Gasteiger partial charge in [0.15, 0.2) is 0 Å². The SMILES string of the molecule is S=CC1NCCN1c1ccc(Cl)nc1. The van der Waals surface area contributed by atoms with Gasteiger partial charge in [-0.2, -0.15) is 0 Å². The topological polar surface area (TPSA) is 28.2 Å². The number of nitrogens with one attached hydrogen (secondary N) is 1. The Morgan fingerprint density at radius 3 is 3.14 bits per heavy atom. The van der Waals surface area contributed by atoms with E-state index in [2.05, 4.69) is 15.2 Å². The van der Waals surface area contributed by atoms with Crippen LogP contribution in [0.25, 0.3) is 0 Å². The van der Waals surface area contributed by atoms with E-state index in [-0.39, 0.29) is 6.17 Å². The van der Waals surface area contributed by atoms with E-state index in [1.54, 1.807) is 17.6 Å². The van der Waals surface area contributed by atoms with Crippen molar-refractivity contribution in [1.29, 1.82) is 0 Å². The molecule has 3 nitrogen and oxygen atoms in total. The monoisotopic (exact) mass is 227 g/mol. The van der Waals surface area contributed by atoms with Gasteiger partial charge in [-0.15, -0.1) is 0 Å². The molecule has 1 aromatic heterocycles. The van der Waals surface area contributed by atoms with Gasteiger partial charge in [0.1, 0.15) is 11.3 Å². The number of hydrogen-bond donors (Lipinski definition) is 1. The average molecular weight is 228 g/mol. The highest BCUT2D eigenvalue weighted by Crippen LogP contribution is 2.18. The van der Waals surface area contributed by atoms with Gasteiger partial charge in [-0.05, 0) is 12.1 Å². The highest BCUT2D eigenvalue weighted by Gasteiger charge is 2.21. The van der Waals surface area contributed by atoms with Crippen molar-refractivity contribution in [2.24, 2.45) is 0 Å². The maximum atomic E-state index is 5.71. The Labute approximate surface area is 93.1 Å². The third-order valence-corrected chi connectivity index (χ3v) is 2.70. The van der Waals surface area contributed by atoms with E-state index in [1.807, 2.05) is 6.07 Å². The summed E-state index contributed by atoms with van der Waals surface area (Å²) in [6.07, 6.45) is 1.90. The number of anilines is 1. The summed E-state index contributed by atoms with van der Waals surface area (Å²) in [6, 6.07) is 3.74. The van der Waals surface area contributed by atoms with Crippen LogP contribution in [-0.4, -0.2) is 29.6 Å². The molecule has 0 aliphatic carbocycles. The third-order valence-electron chi connectivity index (χ3n) is 2.21. The Hall–Kier alpha value is -0.710. The second kappa shape index (κ2) is 4.21. The second-order valence-electron chi connectivity index (χ2n) is 3.07. The zero-order valence-electron chi connectivity index (χ0n) is 7.48. The van der Waals surface area contributed by atoms with Crippen molar-refractivity contribution in [3.63, 3.8) is 0 Å². The molecule has 0 saturated carbocycles. The molecule has 0 bridgehead atoms. The first-order valence-corrected chi connectivity index (χ1v) is 5.23. The summed E-state index contributed by atoms with van der Waals surface area (Å²) >= 11 is 10.7. The van der Waals surface area contributed by atoms with Crippen LogP contribution in [0.15, 0.2) is 18.3 Å². The molecule has 2 heterocycles. The van der Waals surface area contributed by atoms with Crippen LogP contribution in [0.3, 0.4) is 0 Å². The van der Waals surface area contributed by atoms with Gasteiger partial charge < -0.3 is 4.90 Å². The van der Waals surface area contributed by atoms with Crippen molar-refractivity contribution in [2.45, 2.75) is 6.17 Å². The van der Waals surface area contributed by atoms with Gasteiger partial charge in [-0.25, -0.2) is 4.98 Å². The maximum absolute atomic E-state index is 5.71. The van der Waals surface area contributed by atoms with Crippen LogP contribution in [0.4, 0.5) is 5.69 Å². The molecule has 1 aliphatic rings. The predicted molar refractivity (Wildman–Crippen MR) is 62.0 cm³/mol. The van der Waals surface area contributed by atoms with Crippen LogP contribution < -0.4 is 10.2 Å². The molecule has 1 aliphatic heterocycles. The van der Waals surface area contributed by atoms with Gasteiger partial charge in [0.2, 0.25) is 0 Å². The van der Waals surface area contributed by atoms with Crippen LogP contribution in [-0.2, 0) is 0 Å². The van der Waals surface area contributed by atoms with Crippen molar-refractivity contribution in [1.82, 2.24) is 10.3 Å². The molecule has 0 radical (unpaired) electrons. The molecule has 0 amide bonds. The van der Waals surface area contributed by atoms with Gasteiger partial charge in [-0.3, -0.25) is 5.32 Å². The Morgan fingerprint density at radius 2 is 2.50 bits per heavy atom. The molecular formula is C9H10ClN3S. The summed E-state index contributed by atoms with van der Waals surface area (Å²) in [5.74, 6) is 0. The standard InChI is InChI=1S/C9H10ClN3S/c10-8-2-1-7(5-12-8)13-4-3-11-9(13)6-14/h1-2,5-6,9,11H,3-4H2. The minimum Gasteiger partial charge on any atom is -0.349 e. The van der Waals surface area contributed by atoms with Crippen LogP contribution in [0, 0.1) is 0 Å². The Kier molecular flexibility index (Phi) is 2.96. The maximum Gasteiger partial charge on any atom is 0.129 e. The summed E-state index contributed by atoms with van der Waals surface area (Å²) in [5.41, 5.74) is 1.05. The van der Waals surface area contributed by atoms with Crippen molar-refractivity contribution in [3.05, 3.63) is 23.5 Å². The molecular weight excluding hydrogens is 218 g/mol. The molecule has 14 heavy (non-hydrogen) atoms. The molecule has 1 aromatic rings. The van der Waals surface area contributed by atoms with Crippen LogP contribution in [0.2, 0.25) is 5.15 Å². The van der Waals surface area contributed by atoms with Crippen molar-refractivity contribution < 1.29 is 0 Å². The van der Waals surface area contributed by atoms with Crippen LogP contribution in [0.5, 0.6) is 0 Å². The second-order valence-corrected chi connectivity index (χ2v) is 3.73. The first-order valence-electron chi connectivity index (χ1n) is 4.38. The number of pyridine rings is 1. The third kappa shape index (κ3) is 1.87. The Bertz CT molecular complexity index is 327. The summed E-state index contributed by atoms with van der Waals surface area (Å²) in [6.45, 7) is 1.89. The highest BCUT2D eigenvalue weighted by atomic mass is 35.5. The lowest BCUT2D eigenvalue weighted by Crippen LogP contribution is -2.36. The number of halogens is 1. The van der Waals surface area contributed by atoms with Crippen LogP contribution in [0.1, 0.15) is 0 Å². The van der Waals surface area contributed by atoms with E-state index in [1.165, 1.54) is 0 Å². The summed E-state index contributed by atoms with van der Waals surface area (Å²) in [4.78, 5) is 6.20. The van der Waals surface area contributed by atoms with Gasteiger partial charge in [0, 0.05) is 18.5 Å². The smallest absolute Gasteiger partial charge is 0.129 e. The van der Waals surface area contributed by atoms with E-state index in [0.717, 1.165) is 18.8 Å². The fraction of sp³-hybridized carbons (Fsp3) is 0.333. The van der Waals surface area contributed by atoms with E-state index in [9.17, 15) is 0 Å². The van der Waals surface area contributed by atoms with Crippen LogP contribution >= 0.6 is 23.8 Å². The lowest BCUT2D eigenvalue weighted by atomic mass is 10.3. The van der Waals surface area contributed by atoms with Gasteiger partial charge in [0.05, 0.1) is 11.9 Å². The van der Waals surface area contributed by atoms with E-state index >= 15 is 0 Å². The lowest BCUT2D eigenvalue weighted by Gasteiger charge is -2.22. The van der Waals surface area contributed by atoms with Gasteiger partial charge in [0.25, 0.3) is 0 Å². The molecule has 5 heteroatoms. The van der Waals surface area contributed by atoms with Crippen molar-refractivity contribution in [3.8, 4) is 0 Å². The number of aromatic nitrogens is 1. The fourth-order valence-corrected chi connectivity index (χ4v) is 1.89. The zero-order chi connectivity index (χ0) is 9.97. The number of hydrogen-bond acceptors (Lipinski definition) is 4. The average Bonchev–Trinajstić information content (AvgIpc) is 2.67. The number of rotatable bonds is 2. The Morgan fingerprint density at radius 1 is 1.64 bits per heavy atom. The summed E-state index contributed by atoms with van der Waals surface area (Å²) in [5, 5.41) is 5.51. The number of nitrogens with zero attached hydrogens (tertiary/aromatic N) is 2. The Balaban J connectivity index is 2.21. The summed E-state index contributed by atoms with van der Waals surface area (Å²) < 4.78 is 0. The molecule has 1 fully saturated rings. The largest absolute Gasteiger partial charge is 0.349 e. The molecule has 1 atom stereocenters. The predicted octanol–water partition coefficient (Wildman–Crippen LogP) is 1.47. The quantitative estimate of drug-likeness (QED) is 0.612. The lowest BCUT2D eigenvalue weighted by molar-refractivity contribution is 0.773. The molecule has 0 aromatic carbocycles. The van der Waals surface area contributed by atoms with E-state index in [4.69, 9.17) is 23.8 Å². The molecule has 1 unspecified atom stereocenters. The molecule has 74 valence electrons. The van der Waals surface area contributed by atoms with Crippen molar-refractivity contribution in [2.75, 3.05) is 18.0 Å². The molecule has 2 rings (SSSR count). The van der Waals surface area contributed by atoms with Gasteiger partial charge in [-0.1, -0.05) is 23.8 Å². The normalized spacial score (nSPS) is 21.2.